The van der Waals surface area contributed by atoms with Gasteiger partial charge in [-0.05, 0) is 23.6 Å². The summed E-state index contributed by atoms with van der Waals surface area (Å²) in [6.45, 7) is 0.183. The van der Waals surface area contributed by atoms with Gasteiger partial charge in [-0.25, -0.2) is 8.42 Å². The molecule has 0 fully saturated rings. The third kappa shape index (κ3) is 3.41. The number of rotatable bonds is 4. The lowest BCUT2D eigenvalue weighted by atomic mass is 10.1. The Kier molecular flexibility index (Phi) is 4.37. The van der Waals surface area contributed by atoms with E-state index >= 15 is 0 Å². The number of carbonyl (C=O) groups is 1. The number of carbonyl (C=O) groups excluding carboxylic acids is 1. The fourth-order valence-electron chi connectivity index (χ4n) is 3.07. The summed E-state index contributed by atoms with van der Waals surface area (Å²) in [5, 5.41) is 4.92. The summed E-state index contributed by atoms with van der Waals surface area (Å²) in [6, 6.07) is 20.2. The van der Waals surface area contributed by atoms with Crippen molar-refractivity contribution in [2.24, 2.45) is 4.99 Å². The number of hydrogen-bond donors (Lipinski definition) is 2. The van der Waals surface area contributed by atoms with Gasteiger partial charge in [0.15, 0.2) is 0 Å². The first-order valence-electron chi connectivity index (χ1n) is 8.49. The van der Waals surface area contributed by atoms with E-state index in [4.69, 9.17) is 0 Å². The summed E-state index contributed by atoms with van der Waals surface area (Å²) in [7, 11) is -3.56. The molecule has 0 saturated carbocycles. The molecule has 3 aromatic carbocycles. The number of nitrogens with one attached hydrogen (secondary N) is 2. The van der Waals surface area contributed by atoms with E-state index in [1.54, 1.807) is 18.2 Å². The van der Waals surface area contributed by atoms with Crippen molar-refractivity contribution in [1.82, 2.24) is 4.72 Å². The molecular weight excluding hydrogens is 362 g/mol. The average molecular weight is 379 g/mol. The van der Waals surface area contributed by atoms with Crippen LogP contribution >= 0.6 is 0 Å². The second-order valence-corrected chi connectivity index (χ2v) is 7.81. The first kappa shape index (κ1) is 17.2. The van der Waals surface area contributed by atoms with Gasteiger partial charge in [-0.2, -0.15) is 0 Å². The lowest BCUT2D eigenvalue weighted by molar-refractivity contribution is -0.116. The van der Waals surface area contributed by atoms with Crippen LogP contribution in [0, 0.1) is 0 Å². The molecule has 0 atom stereocenters. The van der Waals surface area contributed by atoms with E-state index in [9.17, 15) is 13.2 Å². The number of hydrogen-bond acceptors (Lipinski definition) is 4. The minimum absolute atomic E-state index is 0.149. The van der Waals surface area contributed by atoms with Crippen LogP contribution in [0.5, 0.6) is 0 Å². The molecule has 0 bridgehead atoms. The Balaban J connectivity index is 1.45. The molecule has 1 aliphatic rings. The number of anilines is 1. The van der Waals surface area contributed by atoms with E-state index < -0.39 is 10.0 Å². The molecule has 0 spiro atoms. The smallest absolute Gasteiger partial charge is 0.263 e. The highest BCUT2D eigenvalue weighted by molar-refractivity contribution is 7.90. The zero-order chi connectivity index (χ0) is 18.9. The Labute approximate surface area is 157 Å². The van der Waals surface area contributed by atoms with Gasteiger partial charge in [0.05, 0.1) is 11.4 Å². The number of sulfonamides is 1. The molecule has 1 heterocycles. The summed E-state index contributed by atoms with van der Waals surface area (Å²) < 4.78 is 26.5. The first-order valence-corrected chi connectivity index (χ1v) is 9.97. The molecule has 7 heteroatoms. The second-order valence-electron chi connectivity index (χ2n) is 6.16. The van der Waals surface area contributed by atoms with Crippen molar-refractivity contribution in [2.75, 3.05) is 11.9 Å². The molecule has 0 aromatic heterocycles. The van der Waals surface area contributed by atoms with Gasteiger partial charge in [0.2, 0.25) is 5.91 Å². The monoisotopic (exact) mass is 379 g/mol. The van der Waals surface area contributed by atoms with Gasteiger partial charge >= 0.3 is 0 Å². The molecule has 0 unspecified atom stereocenters. The van der Waals surface area contributed by atoms with Crippen LogP contribution in [0.3, 0.4) is 0 Å². The number of amides is 1. The Bertz CT molecular complexity index is 1160. The molecule has 2 N–H and O–H groups in total. The molecule has 27 heavy (non-hydrogen) atoms. The summed E-state index contributed by atoms with van der Waals surface area (Å²) in [4.78, 5) is 16.8. The summed E-state index contributed by atoms with van der Waals surface area (Å²) in [6.07, 6.45) is 0.149. The zero-order valence-electron chi connectivity index (χ0n) is 14.3. The summed E-state index contributed by atoms with van der Waals surface area (Å²) in [5.74, 6) is 0.105. The van der Waals surface area contributed by atoms with Crippen molar-refractivity contribution in [1.29, 1.82) is 0 Å². The van der Waals surface area contributed by atoms with E-state index in [-0.39, 0.29) is 29.6 Å². The van der Waals surface area contributed by atoms with E-state index in [0.717, 1.165) is 16.5 Å². The van der Waals surface area contributed by atoms with Gasteiger partial charge in [0.1, 0.15) is 5.84 Å². The van der Waals surface area contributed by atoms with E-state index in [0.29, 0.717) is 5.56 Å². The predicted molar refractivity (Wildman–Crippen MR) is 105 cm³/mol. The molecule has 0 radical (unpaired) electrons. The van der Waals surface area contributed by atoms with E-state index in [1.807, 2.05) is 42.5 Å². The largest absolute Gasteiger partial charge is 0.325 e. The number of aliphatic imine (C=N–C) groups is 1. The van der Waals surface area contributed by atoms with Gasteiger partial charge in [-0.3, -0.25) is 14.5 Å². The molecule has 1 aliphatic heterocycles. The average Bonchev–Trinajstić information content (AvgIpc) is 2.93. The minimum Gasteiger partial charge on any atom is -0.325 e. The molecule has 3 aromatic rings. The zero-order valence-corrected chi connectivity index (χ0v) is 15.2. The number of fused-ring (bicyclic) bond motifs is 2. The highest BCUT2D eigenvalue weighted by Crippen LogP contribution is 2.24. The minimum atomic E-state index is -3.56. The quantitative estimate of drug-likeness (QED) is 0.731. The Morgan fingerprint density at radius 1 is 0.963 bits per heavy atom. The van der Waals surface area contributed by atoms with Gasteiger partial charge in [-0.15, -0.1) is 0 Å². The lowest BCUT2D eigenvalue weighted by Crippen LogP contribution is -2.23. The van der Waals surface area contributed by atoms with E-state index in [1.165, 1.54) is 6.07 Å². The number of amidine groups is 1. The maximum Gasteiger partial charge on any atom is 0.263 e. The van der Waals surface area contributed by atoms with Crippen molar-refractivity contribution < 1.29 is 13.2 Å². The number of benzene rings is 3. The van der Waals surface area contributed by atoms with Crippen molar-refractivity contribution in [3.63, 3.8) is 0 Å². The van der Waals surface area contributed by atoms with E-state index in [2.05, 4.69) is 15.0 Å². The third-order valence-electron chi connectivity index (χ3n) is 4.34. The fourth-order valence-corrected chi connectivity index (χ4v) is 4.32. The number of nitrogens with zero attached hydrogens (tertiary/aromatic N) is 1. The van der Waals surface area contributed by atoms with Crippen molar-refractivity contribution in [2.45, 2.75) is 11.3 Å². The van der Waals surface area contributed by atoms with Crippen molar-refractivity contribution in [3.05, 3.63) is 72.3 Å². The fraction of sp³-hybridized carbons (Fsp3) is 0.100. The Hall–Kier alpha value is -3.19. The van der Waals surface area contributed by atoms with Gasteiger partial charge in [0.25, 0.3) is 10.0 Å². The van der Waals surface area contributed by atoms with Crippen LogP contribution in [0.4, 0.5) is 5.69 Å². The van der Waals surface area contributed by atoms with Crippen LogP contribution in [-0.4, -0.2) is 26.7 Å². The topological polar surface area (TPSA) is 87.6 Å². The highest BCUT2D eigenvalue weighted by Gasteiger charge is 2.29. The van der Waals surface area contributed by atoms with Crippen LogP contribution < -0.4 is 10.0 Å². The van der Waals surface area contributed by atoms with Crippen LogP contribution in [-0.2, 0) is 14.8 Å². The summed E-state index contributed by atoms with van der Waals surface area (Å²) in [5.41, 5.74) is 1.28. The standard InChI is InChI=1S/C20H17N3O3S/c24-19(22-17-10-5-7-14-6-1-2-8-15(14)17)12-13-21-20-16-9-3-4-11-18(16)27(25,26)23-20/h1-11H,12-13H2,(H,21,23)(H,22,24). The van der Waals surface area contributed by atoms with Crippen LogP contribution in [0.15, 0.2) is 76.6 Å². The molecular formula is C20H17N3O3S. The van der Waals surface area contributed by atoms with Crippen molar-refractivity contribution in [3.8, 4) is 0 Å². The molecule has 4 rings (SSSR count). The van der Waals surface area contributed by atoms with Crippen LogP contribution in [0.2, 0.25) is 0 Å². The van der Waals surface area contributed by atoms with Gasteiger partial charge < -0.3 is 5.32 Å². The SMILES string of the molecule is O=C(CCN=C1NS(=O)(=O)c2ccccc21)Nc1cccc2ccccc12. The third-order valence-corrected chi connectivity index (χ3v) is 5.73. The first-order chi connectivity index (χ1) is 13.0. The maximum atomic E-state index is 12.3. The van der Waals surface area contributed by atoms with Gasteiger partial charge in [0, 0.05) is 23.1 Å². The molecule has 0 aliphatic carbocycles. The normalized spacial score (nSPS) is 16.1. The van der Waals surface area contributed by atoms with Crippen LogP contribution in [0.25, 0.3) is 10.8 Å². The van der Waals surface area contributed by atoms with Crippen molar-refractivity contribution >= 4 is 38.2 Å². The van der Waals surface area contributed by atoms with Crippen LogP contribution in [0.1, 0.15) is 12.0 Å². The second kappa shape index (κ2) is 6.85. The molecule has 136 valence electrons. The maximum absolute atomic E-state index is 12.3. The predicted octanol–water partition coefficient (Wildman–Crippen LogP) is 2.91. The molecule has 1 amide bonds. The Morgan fingerprint density at radius 3 is 2.59 bits per heavy atom. The lowest BCUT2D eigenvalue weighted by Gasteiger charge is -2.08. The highest BCUT2D eigenvalue weighted by atomic mass is 32.2. The Morgan fingerprint density at radius 2 is 1.70 bits per heavy atom. The van der Waals surface area contributed by atoms with Gasteiger partial charge in [-0.1, -0.05) is 48.5 Å². The summed E-state index contributed by atoms with van der Waals surface area (Å²) >= 11 is 0. The molecule has 6 nitrogen and oxygen atoms in total. The molecule has 0 saturated heterocycles.